The molecule has 0 spiro atoms. The molecule has 0 saturated carbocycles. The molecule has 1 atom stereocenters. The van der Waals surface area contributed by atoms with E-state index in [-0.39, 0.29) is 17.9 Å². The Labute approximate surface area is 168 Å². The summed E-state index contributed by atoms with van der Waals surface area (Å²) in [6.45, 7) is 6.50. The summed E-state index contributed by atoms with van der Waals surface area (Å²) >= 11 is 6.15. The summed E-state index contributed by atoms with van der Waals surface area (Å²) in [6.07, 6.45) is 1.75. The van der Waals surface area contributed by atoms with E-state index in [1.807, 2.05) is 20.8 Å². The molecule has 1 fully saturated rings. The molecule has 2 N–H and O–H groups in total. The van der Waals surface area contributed by atoms with Gasteiger partial charge in [-0.25, -0.2) is 14.2 Å². The third-order valence-electron chi connectivity index (χ3n) is 4.22. The van der Waals surface area contributed by atoms with Crippen LogP contribution in [0.3, 0.4) is 0 Å². The highest BCUT2D eigenvalue weighted by Crippen LogP contribution is 2.31. The fourth-order valence-electron chi connectivity index (χ4n) is 2.88. The number of amides is 1. The minimum Gasteiger partial charge on any atom is -0.472 e. The van der Waals surface area contributed by atoms with Crippen molar-refractivity contribution in [1.82, 2.24) is 9.88 Å². The van der Waals surface area contributed by atoms with Crippen LogP contribution < -0.4 is 10.5 Å². The summed E-state index contributed by atoms with van der Waals surface area (Å²) in [4.78, 5) is 18.0. The van der Waals surface area contributed by atoms with Crippen LogP contribution in [0.1, 0.15) is 27.2 Å². The van der Waals surface area contributed by atoms with Crippen LogP contribution in [0.4, 0.5) is 14.9 Å². The summed E-state index contributed by atoms with van der Waals surface area (Å²) in [7, 11) is 0. The molecule has 1 amide bonds. The van der Waals surface area contributed by atoms with Gasteiger partial charge in [0.25, 0.3) is 0 Å². The first-order valence-corrected chi connectivity index (χ1v) is 9.36. The van der Waals surface area contributed by atoms with Gasteiger partial charge in [0.2, 0.25) is 5.88 Å². The van der Waals surface area contributed by atoms with Crippen LogP contribution in [-0.4, -0.2) is 40.8 Å². The lowest BCUT2D eigenvalue weighted by Crippen LogP contribution is -2.36. The molecule has 1 unspecified atom stereocenters. The highest BCUT2D eigenvalue weighted by Gasteiger charge is 2.31. The molecule has 0 bridgehead atoms. The smallest absolute Gasteiger partial charge is 0.410 e. The van der Waals surface area contributed by atoms with Gasteiger partial charge in [-0.3, -0.25) is 0 Å². The number of nitrogen functional groups attached to an aromatic ring is 1. The monoisotopic (exact) mass is 407 g/mol. The molecule has 1 aromatic carbocycles. The van der Waals surface area contributed by atoms with Crippen molar-refractivity contribution in [3.05, 3.63) is 41.3 Å². The zero-order valence-corrected chi connectivity index (χ0v) is 16.8. The summed E-state index contributed by atoms with van der Waals surface area (Å²) in [5.74, 6) is -0.111. The van der Waals surface area contributed by atoms with E-state index in [0.29, 0.717) is 41.5 Å². The second-order valence-corrected chi connectivity index (χ2v) is 8.10. The van der Waals surface area contributed by atoms with Crippen molar-refractivity contribution in [3.8, 4) is 17.0 Å². The summed E-state index contributed by atoms with van der Waals surface area (Å²) in [6, 6.07) is 6.10. The Hall–Kier alpha value is -2.54. The number of hydrogen-bond acceptors (Lipinski definition) is 5. The molecule has 2 aromatic rings. The number of likely N-dealkylation sites (tertiary alicyclic amines) is 1. The highest BCUT2D eigenvalue weighted by molar-refractivity contribution is 6.33. The number of ether oxygens (including phenoxy) is 2. The first-order valence-electron chi connectivity index (χ1n) is 8.98. The summed E-state index contributed by atoms with van der Waals surface area (Å²) in [5.41, 5.74) is 6.14. The first kappa shape index (κ1) is 20.2. The van der Waals surface area contributed by atoms with Gasteiger partial charge in [-0.15, -0.1) is 0 Å². The van der Waals surface area contributed by atoms with E-state index >= 15 is 0 Å². The van der Waals surface area contributed by atoms with Crippen LogP contribution in [0.5, 0.6) is 5.88 Å². The van der Waals surface area contributed by atoms with Crippen LogP contribution in [-0.2, 0) is 4.74 Å². The van der Waals surface area contributed by atoms with Gasteiger partial charge in [-0.2, -0.15) is 0 Å². The Morgan fingerprint density at radius 2 is 2.11 bits per heavy atom. The maximum Gasteiger partial charge on any atom is 0.410 e. The summed E-state index contributed by atoms with van der Waals surface area (Å²) in [5, 5.41) is 0.346. The van der Waals surface area contributed by atoms with E-state index in [9.17, 15) is 9.18 Å². The Balaban J connectivity index is 1.63. The van der Waals surface area contributed by atoms with Crippen LogP contribution in [0, 0.1) is 5.82 Å². The van der Waals surface area contributed by atoms with Gasteiger partial charge < -0.3 is 20.1 Å². The van der Waals surface area contributed by atoms with Gasteiger partial charge in [-0.1, -0.05) is 11.6 Å². The SMILES string of the molecule is CC(C)(C)OC(=O)N1CCC(Oc2ccc(-c3cc(F)c(N)cc3Cl)cn2)C1. The van der Waals surface area contributed by atoms with Gasteiger partial charge in [0.15, 0.2) is 0 Å². The molecular weight excluding hydrogens is 385 g/mol. The van der Waals surface area contributed by atoms with Crippen LogP contribution in [0.25, 0.3) is 11.1 Å². The third kappa shape index (κ3) is 4.84. The van der Waals surface area contributed by atoms with E-state index in [1.54, 1.807) is 23.2 Å². The number of anilines is 1. The quantitative estimate of drug-likeness (QED) is 0.757. The molecule has 0 radical (unpaired) electrons. The summed E-state index contributed by atoms with van der Waals surface area (Å²) < 4.78 is 25.0. The molecule has 1 aliphatic heterocycles. The molecule has 1 saturated heterocycles. The number of nitrogens with two attached hydrogens (primary N) is 1. The van der Waals surface area contributed by atoms with Crippen molar-refractivity contribution in [2.75, 3.05) is 18.8 Å². The normalized spacial score (nSPS) is 16.9. The van der Waals surface area contributed by atoms with E-state index in [4.69, 9.17) is 26.8 Å². The first-order chi connectivity index (χ1) is 13.1. The van der Waals surface area contributed by atoms with Crippen molar-refractivity contribution in [2.45, 2.75) is 38.9 Å². The lowest BCUT2D eigenvalue weighted by atomic mass is 10.1. The fraction of sp³-hybridized carbons (Fsp3) is 0.400. The Bertz CT molecular complexity index is 868. The van der Waals surface area contributed by atoms with E-state index < -0.39 is 11.4 Å². The second kappa shape index (κ2) is 7.83. The van der Waals surface area contributed by atoms with Crippen molar-refractivity contribution < 1.29 is 18.7 Å². The number of rotatable bonds is 3. The van der Waals surface area contributed by atoms with E-state index in [2.05, 4.69) is 4.98 Å². The molecule has 3 rings (SSSR count). The van der Waals surface area contributed by atoms with Crippen LogP contribution in [0.2, 0.25) is 5.02 Å². The number of carbonyl (C=O) groups excluding carboxylic acids is 1. The van der Waals surface area contributed by atoms with Crippen LogP contribution in [0.15, 0.2) is 30.5 Å². The molecule has 1 aromatic heterocycles. The molecule has 8 heteroatoms. The molecule has 2 heterocycles. The maximum absolute atomic E-state index is 13.7. The molecular formula is C20H23ClFN3O3. The highest BCUT2D eigenvalue weighted by atomic mass is 35.5. The Morgan fingerprint density at radius 1 is 1.36 bits per heavy atom. The third-order valence-corrected chi connectivity index (χ3v) is 4.53. The molecule has 6 nitrogen and oxygen atoms in total. The topological polar surface area (TPSA) is 77.7 Å². The maximum atomic E-state index is 13.7. The zero-order chi connectivity index (χ0) is 20.5. The van der Waals surface area contributed by atoms with Crippen LogP contribution >= 0.6 is 11.6 Å². The lowest BCUT2D eigenvalue weighted by molar-refractivity contribution is 0.0275. The van der Waals surface area contributed by atoms with Gasteiger partial charge in [0, 0.05) is 36.4 Å². The number of benzene rings is 1. The van der Waals surface area contributed by atoms with Crippen molar-refractivity contribution in [3.63, 3.8) is 0 Å². The minimum absolute atomic E-state index is 0.00237. The molecule has 0 aliphatic carbocycles. The predicted octanol–water partition coefficient (Wildman–Crippen LogP) is 4.51. The molecule has 1 aliphatic rings. The second-order valence-electron chi connectivity index (χ2n) is 7.69. The predicted molar refractivity (Wildman–Crippen MR) is 106 cm³/mol. The number of carbonyl (C=O) groups is 1. The van der Waals surface area contributed by atoms with Gasteiger partial charge >= 0.3 is 6.09 Å². The number of hydrogen-bond donors (Lipinski definition) is 1. The lowest BCUT2D eigenvalue weighted by Gasteiger charge is -2.24. The average Bonchev–Trinajstić information content (AvgIpc) is 3.06. The Kier molecular flexibility index (Phi) is 5.65. The molecule has 150 valence electrons. The van der Waals surface area contributed by atoms with E-state index in [1.165, 1.54) is 12.1 Å². The van der Waals surface area contributed by atoms with Crippen molar-refractivity contribution >= 4 is 23.4 Å². The van der Waals surface area contributed by atoms with Gasteiger partial charge in [0.1, 0.15) is 17.5 Å². The standard InChI is InChI=1S/C20H23ClFN3O3/c1-20(2,3)28-19(26)25-7-6-13(11-25)27-18-5-4-12(10-24-18)14-8-16(22)17(23)9-15(14)21/h4-5,8-10,13H,6-7,11,23H2,1-3H3. The largest absolute Gasteiger partial charge is 0.472 e. The number of halogens is 2. The van der Waals surface area contributed by atoms with Crippen molar-refractivity contribution in [2.24, 2.45) is 0 Å². The van der Waals surface area contributed by atoms with Gasteiger partial charge in [0.05, 0.1) is 17.3 Å². The van der Waals surface area contributed by atoms with Crippen molar-refractivity contribution in [1.29, 1.82) is 0 Å². The number of pyridine rings is 1. The van der Waals surface area contributed by atoms with E-state index in [0.717, 1.165) is 0 Å². The van der Waals surface area contributed by atoms with Gasteiger partial charge in [-0.05, 0) is 39.0 Å². The fourth-order valence-corrected chi connectivity index (χ4v) is 3.16. The zero-order valence-electron chi connectivity index (χ0n) is 16.0. The number of aromatic nitrogens is 1. The Morgan fingerprint density at radius 3 is 2.75 bits per heavy atom. The minimum atomic E-state index is -0.534. The average molecular weight is 408 g/mol. The molecule has 28 heavy (non-hydrogen) atoms. The number of nitrogens with zero attached hydrogens (tertiary/aromatic N) is 2.